The molecule has 2 aliphatic rings. The number of carbonyl (C=O) groups is 1. The maximum atomic E-state index is 12.1. The molecule has 0 atom stereocenters. The highest BCUT2D eigenvalue weighted by molar-refractivity contribution is 9.10. The highest BCUT2D eigenvalue weighted by Gasteiger charge is 2.24. The minimum atomic E-state index is 0.260. The molecule has 5 heteroatoms. The number of hydrogen-bond donors (Lipinski definition) is 1. The summed E-state index contributed by atoms with van der Waals surface area (Å²) >= 11 is 3.57. The fraction of sp³-hybridized carbons (Fsp3) is 0.647. The van der Waals surface area contributed by atoms with E-state index in [0.29, 0.717) is 18.4 Å². The summed E-state index contributed by atoms with van der Waals surface area (Å²) in [5.74, 6) is 0.786. The Morgan fingerprint density at radius 3 is 2.68 bits per heavy atom. The summed E-state index contributed by atoms with van der Waals surface area (Å²) in [7, 11) is 0. The Hall–Kier alpha value is -1.10. The Balaban J connectivity index is 1.45. The summed E-state index contributed by atoms with van der Waals surface area (Å²) in [4.78, 5) is 18.6. The second kappa shape index (κ2) is 7.44. The molecule has 0 unspecified atom stereocenters. The van der Waals surface area contributed by atoms with Crippen LogP contribution in [-0.2, 0) is 4.79 Å². The number of rotatable bonds is 4. The lowest BCUT2D eigenvalue weighted by molar-refractivity contribution is -0.122. The van der Waals surface area contributed by atoms with E-state index < -0.39 is 0 Å². The lowest BCUT2D eigenvalue weighted by Crippen LogP contribution is -2.38. The standard InChI is InChI=1S/C17H24BrN3O/c18-15-12-19-8-5-16(15)21-9-6-13(7-10-21)11-17(22)20-14-3-1-2-4-14/h5,8,12-14H,1-4,6-7,9-11H2,(H,20,22). The fourth-order valence-corrected chi connectivity index (χ4v) is 4.12. The van der Waals surface area contributed by atoms with E-state index in [-0.39, 0.29) is 5.91 Å². The second-order valence-corrected chi connectivity index (χ2v) is 7.36. The zero-order valence-electron chi connectivity index (χ0n) is 12.9. The Labute approximate surface area is 140 Å². The van der Waals surface area contributed by atoms with Gasteiger partial charge in [0, 0.05) is 37.9 Å². The molecule has 0 aromatic carbocycles. The van der Waals surface area contributed by atoms with Gasteiger partial charge in [-0.25, -0.2) is 0 Å². The van der Waals surface area contributed by atoms with Crippen molar-refractivity contribution >= 4 is 27.5 Å². The molecule has 120 valence electrons. The fourth-order valence-electron chi connectivity index (χ4n) is 3.62. The molecule has 4 nitrogen and oxygen atoms in total. The van der Waals surface area contributed by atoms with Crippen LogP contribution in [0.1, 0.15) is 44.9 Å². The van der Waals surface area contributed by atoms with E-state index >= 15 is 0 Å². The normalized spacial score (nSPS) is 20.3. The molecule has 1 saturated carbocycles. The van der Waals surface area contributed by atoms with E-state index in [9.17, 15) is 4.79 Å². The van der Waals surface area contributed by atoms with Gasteiger partial charge in [0.25, 0.3) is 0 Å². The van der Waals surface area contributed by atoms with Crippen LogP contribution in [0, 0.1) is 5.92 Å². The van der Waals surface area contributed by atoms with Gasteiger partial charge in [-0.2, -0.15) is 0 Å². The van der Waals surface area contributed by atoms with Crippen LogP contribution in [0.5, 0.6) is 0 Å². The Kier molecular flexibility index (Phi) is 5.34. The van der Waals surface area contributed by atoms with E-state index in [1.54, 1.807) is 0 Å². The van der Waals surface area contributed by atoms with Crippen molar-refractivity contribution in [3.8, 4) is 0 Å². The number of aromatic nitrogens is 1. The van der Waals surface area contributed by atoms with Crippen LogP contribution in [-0.4, -0.2) is 30.0 Å². The van der Waals surface area contributed by atoms with Crippen molar-refractivity contribution in [1.82, 2.24) is 10.3 Å². The average molecular weight is 366 g/mol. The number of pyridine rings is 1. The van der Waals surface area contributed by atoms with Crippen LogP contribution >= 0.6 is 15.9 Å². The summed E-state index contributed by atoms with van der Waals surface area (Å²) in [6.45, 7) is 2.04. The first-order valence-electron chi connectivity index (χ1n) is 8.36. The van der Waals surface area contributed by atoms with Crippen molar-refractivity contribution in [3.05, 3.63) is 22.9 Å². The molecule has 1 aromatic rings. The number of hydrogen-bond acceptors (Lipinski definition) is 3. The summed E-state index contributed by atoms with van der Waals surface area (Å²) in [5, 5.41) is 3.21. The number of amides is 1. The van der Waals surface area contributed by atoms with E-state index in [4.69, 9.17) is 0 Å². The van der Waals surface area contributed by atoms with Crippen molar-refractivity contribution in [2.45, 2.75) is 51.0 Å². The van der Waals surface area contributed by atoms with Gasteiger partial charge >= 0.3 is 0 Å². The maximum Gasteiger partial charge on any atom is 0.220 e. The number of carbonyl (C=O) groups excluding carboxylic acids is 1. The van der Waals surface area contributed by atoms with Gasteiger partial charge in [-0.3, -0.25) is 9.78 Å². The van der Waals surface area contributed by atoms with Gasteiger partial charge in [0.2, 0.25) is 5.91 Å². The lowest BCUT2D eigenvalue weighted by atomic mass is 9.93. The molecule has 1 amide bonds. The summed E-state index contributed by atoms with van der Waals surface area (Å²) < 4.78 is 1.05. The topological polar surface area (TPSA) is 45.2 Å². The largest absolute Gasteiger partial charge is 0.371 e. The van der Waals surface area contributed by atoms with E-state index in [1.165, 1.54) is 31.4 Å². The lowest BCUT2D eigenvalue weighted by Gasteiger charge is -2.34. The van der Waals surface area contributed by atoms with Crippen LogP contribution in [0.15, 0.2) is 22.9 Å². The van der Waals surface area contributed by atoms with Crippen LogP contribution < -0.4 is 10.2 Å². The van der Waals surface area contributed by atoms with Gasteiger partial charge in [-0.15, -0.1) is 0 Å². The predicted octanol–water partition coefficient (Wildman–Crippen LogP) is 3.51. The van der Waals surface area contributed by atoms with Gasteiger partial charge in [-0.1, -0.05) is 12.8 Å². The number of nitrogens with one attached hydrogen (secondary N) is 1. The second-order valence-electron chi connectivity index (χ2n) is 6.51. The molecule has 1 N–H and O–H groups in total. The molecule has 0 spiro atoms. The van der Waals surface area contributed by atoms with Crippen LogP contribution in [0.4, 0.5) is 5.69 Å². The third-order valence-corrected chi connectivity index (χ3v) is 5.51. The molecule has 0 bridgehead atoms. The van der Waals surface area contributed by atoms with Crippen molar-refractivity contribution in [1.29, 1.82) is 0 Å². The van der Waals surface area contributed by atoms with Gasteiger partial charge in [0.05, 0.1) is 10.2 Å². The third kappa shape index (κ3) is 4.00. The van der Waals surface area contributed by atoms with Crippen LogP contribution in [0.25, 0.3) is 0 Å². The molecule has 1 aliphatic carbocycles. The first-order chi connectivity index (χ1) is 10.7. The monoisotopic (exact) mass is 365 g/mol. The van der Waals surface area contributed by atoms with E-state index in [2.05, 4.69) is 37.2 Å². The predicted molar refractivity (Wildman–Crippen MR) is 91.9 cm³/mol. The van der Waals surface area contributed by atoms with Crippen molar-refractivity contribution in [3.63, 3.8) is 0 Å². The van der Waals surface area contributed by atoms with E-state index in [0.717, 1.165) is 30.4 Å². The molecule has 2 fully saturated rings. The smallest absolute Gasteiger partial charge is 0.220 e. The SMILES string of the molecule is O=C(CC1CCN(c2ccncc2Br)CC1)NC1CCCC1. The molecule has 1 aliphatic heterocycles. The third-order valence-electron chi connectivity index (χ3n) is 4.90. The van der Waals surface area contributed by atoms with Crippen LogP contribution in [0.3, 0.4) is 0 Å². The first kappa shape index (κ1) is 15.8. The first-order valence-corrected chi connectivity index (χ1v) is 9.15. The quantitative estimate of drug-likeness (QED) is 0.887. The average Bonchev–Trinajstić information content (AvgIpc) is 3.01. The summed E-state index contributed by atoms with van der Waals surface area (Å²) in [5.41, 5.74) is 1.21. The zero-order chi connectivity index (χ0) is 15.4. The molecule has 1 saturated heterocycles. The van der Waals surface area contributed by atoms with Gasteiger partial charge < -0.3 is 10.2 Å². The molecule has 2 heterocycles. The highest BCUT2D eigenvalue weighted by Crippen LogP contribution is 2.30. The van der Waals surface area contributed by atoms with Gasteiger partial charge in [0.1, 0.15) is 0 Å². The number of nitrogens with zero attached hydrogens (tertiary/aromatic N) is 2. The molecule has 3 rings (SSSR count). The Morgan fingerprint density at radius 1 is 1.27 bits per heavy atom. The zero-order valence-corrected chi connectivity index (χ0v) is 14.5. The molecule has 22 heavy (non-hydrogen) atoms. The highest BCUT2D eigenvalue weighted by atomic mass is 79.9. The van der Waals surface area contributed by atoms with E-state index in [1.807, 2.05) is 12.4 Å². The van der Waals surface area contributed by atoms with Gasteiger partial charge in [-0.05, 0) is 53.6 Å². The summed E-state index contributed by atoms with van der Waals surface area (Å²) in [6, 6.07) is 2.50. The summed E-state index contributed by atoms with van der Waals surface area (Å²) in [6.07, 6.45) is 11.4. The maximum absolute atomic E-state index is 12.1. The molecular weight excluding hydrogens is 342 g/mol. The Morgan fingerprint density at radius 2 is 2.00 bits per heavy atom. The molecule has 1 aromatic heterocycles. The minimum absolute atomic E-state index is 0.260. The Bertz CT molecular complexity index is 508. The van der Waals surface area contributed by atoms with Crippen molar-refractivity contribution in [2.24, 2.45) is 5.92 Å². The van der Waals surface area contributed by atoms with Crippen molar-refractivity contribution in [2.75, 3.05) is 18.0 Å². The number of anilines is 1. The molecule has 0 radical (unpaired) electrons. The number of piperidine rings is 1. The van der Waals surface area contributed by atoms with Gasteiger partial charge in [0.15, 0.2) is 0 Å². The van der Waals surface area contributed by atoms with Crippen molar-refractivity contribution < 1.29 is 4.79 Å². The minimum Gasteiger partial charge on any atom is -0.371 e. The van der Waals surface area contributed by atoms with Crippen LogP contribution in [0.2, 0.25) is 0 Å². The molecular formula is C17H24BrN3O. The number of halogens is 1.